The number of nitro benzene ring substituents is 1. The molecule has 0 saturated carbocycles. The maximum atomic E-state index is 12.4. The fourth-order valence-electron chi connectivity index (χ4n) is 2.65. The van der Waals surface area contributed by atoms with Crippen molar-refractivity contribution >= 4 is 45.6 Å². The largest absolute Gasteiger partial charge is 0.506 e. The van der Waals surface area contributed by atoms with E-state index >= 15 is 0 Å². The molecular formula is C20H15ClN2O6. The highest BCUT2D eigenvalue weighted by Crippen LogP contribution is 2.30. The van der Waals surface area contributed by atoms with Crippen LogP contribution in [0.5, 0.6) is 5.75 Å². The molecule has 0 spiro atoms. The Morgan fingerprint density at radius 3 is 2.62 bits per heavy atom. The van der Waals surface area contributed by atoms with Crippen LogP contribution in [0, 0.1) is 10.1 Å². The summed E-state index contributed by atoms with van der Waals surface area (Å²) in [5.74, 6) is -1.87. The van der Waals surface area contributed by atoms with Gasteiger partial charge in [-0.05, 0) is 24.4 Å². The molecule has 0 bridgehead atoms. The molecule has 3 rings (SSSR count). The van der Waals surface area contributed by atoms with E-state index in [1.807, 2.05) is 0 Å². The van der Waals surface area contributed by atoms with Crippen molar-refractivity contribution in [2.24, 2.45) is 0 Å². The molecule has 3 aromatic carbocycles. The van der Waals surface area contributed by atoms with Crippen molar-refractivity contribution < 1.29 is 24.4 Å². The minimum atomic E-state index is -1.25. The van der Waals surface area contributed by atoms with E-state index in [2.05, 4.69) is 5.32 Å². The first kappa shape index (κ1) is 20.1. The van der Waals surface area contributed by atoms with Gasteiger partial charge in [-0.3, -0.25) is 14.9 Å². The topological polar surface area (TPSA) is 119 Å². The second-order valence-electron chi connectivity index (χ2n) is 6.14. The number of non-ortho nitro benzene ring substituents is 1. The summed E-state index contributed by atoms with van der Waals surface area (Å²) in [6, 6.07) is 13.6. The summed E-state index contributed by atoms with van der Waals surface area (Å²) in [7, 11) is 0. The lowest BCUT2D eigenvalue weighted by atomic mass is 10.1. The van der Waals surface area contributed by atoms with Crippen LogP contribution in [-0.2, 0) is 9.53 Å². The number of ether oxygens (including phenoxy) is 1. The summed E-state index contributed by atoms with van der Waals surface area (Å²) in [5, 5.41) is 24.9. The van der Waals surface area contributed by atoms with Crippen molar-refractivity contribution in [3.8, 4) is 5.75 Å². The first-order valence-electron chi connectivity index (χ1n) is 8.44. The Labute approximate surface area is 169 Å². The molecule has 0 heterocycles. The first-order valence-corrected chi connectivity index (χ1v) is 8.82. The van der Waals surface area contributed by atoms with Crippen molar-refractivity contribution in [2.45, 2.75) is 13.0 Å². The molecule has 0 radical (unpaired) electrons. The van der Waals surface area contributed by atoms with Crippen molar-refractivity contribution in [3.05, 3.63) is 75.3 Å². The van der Waals surface area contributed by atoms with Gasteiger partial charge in [0.2, 0.25) is 0 Å². The Bertz CT molecular complexity index is 1130. The van der Waals surface area contributed by atoms with Gasteiger partial charge in [0.15, 0.2) is 6.10 Å². The molecule has 1 atom stereocenters. The van der Waals surface area contributed by atoms with Crippen LogP contribution in [0.15, 0.2) is 54.6 Å². The van der Waals surface area contributed by atoms with Gasteiger partial charge in [-0.2, -0.15) is 0 Å². The lowest BCUT2D eigenvalue weighted by Crippen LogP contribution is -2.30. The summed E-state index contributed by atoms with van der Waals surface area (Å²) < 4.78 is 5.13. The molecule has 148 valence electrons. The molecule has 0 aliphatic heterocycles. The smallest absolute Gasteiger partial charge is 0.342 e. The zero-order valence-electron chi connectivity index (χ0n) is 15.1. The van der Waals surface area contributed by atoms with E-state index in [9.17, 15) is 24.8 Å². The fraction of sp³-hybridized carbons (Fsp3) is 0.100. The van der Waals surface area contributed by atoms with Crippen molar-refractivity contribution in [1.82, 2.24) is 0 Å². The van der Waals surface area contributed by atoms with E-state index in [0.29, 0.717) is 5.39 Å². The number of phenols is 1. The molecule has 0 unspecified atom stereocenters. The number of nitrogens with one attached hydrogen (secondary N) is 1. The van der Waals surface area contributed by atoms with Crippen LogP contribution in [0.25, 0.3) is 10.8 Å². The number of nitrogens with zero attached hydrogens (tertiary/aromatic N) is 1. The molecule has 2 N–H and O–H groups in total. The number of aromatic hydroxyl groups is 1. The Morgan fingerprint density at radius 2 is 1.90 bits per heavy atom. The zero-order chi connectivity index (χ0) is 21.1. The number of benzene rings is 3. The summed E-state index contributed by atoms with van der Waals surface area (Å²) in [6.07, 6.45) is -1.25. The van der Waals surface area contributed by atoms with E-state index in [-0.39, 0.29) is 27.7 Å². The van der Waals surface area contributed by atoms with Crippen LogP contribution >= 0.6 is 11.6 Å². The minimum Gasteiger partial charge on any atom is -0.506 e. The van der Waals surface area contributed by atoms with Gasteiger partial charge in [0, 0.05) is 17.5 Å². The number of hydrogen-bond donors (Lipinski definition) is 2. The number of phenolic OH excluding ortho intramolecular Hbond substituents is 1. The highest BCUT2D eigenvalue weighted by Gasteiger charge is 2.23. The van der Waals surface area contributed by atoms with Gasteiger partial charge in [-0.1, -0.05) is 41.9 Å². The van der Waals surface area contributed by atoms with Gasteiger partial charge in [0.05, 0.1) is 15.6 Å². The predicted octanol–water partition coefficient (Wildman–Crippen LogP) is 4.29. The molecule has 9 heteroatoms. The Balaban J connectivity index is 1.75. The zero-order valence-corrected chi connectivity index (χ0v) is 15.8. The highest BCUT2D eigenvalue weighted by molar-refractivity contribution is 6.33. The average Bonchev–Trinajstić information content (AvgIpc) is 2.69. The second-order valence-corrected chi connectivity index (χ2v) is 6.55. The van der Waals surface area contributed by atoms with Crippen LogP contribution in [0.2, 0.25) is 5.02 Å². The van der Waals surface area contributed by atoms with Gasteiger partial charge in [-0.25, -0.2) is 4.79 Å². The summed E-state index contributed by atoms with van der Waals surface area (Å²) in [6.45, 7) is 1.33. The fourth-order valence-corrected chi connectivity index (χ4v) is 2.82. The molecular weight excluding hydrogens is 400 g/mol. The normalized spacial score (nSPS) is 11.7. The van der Waals surface area contributed by atoms with E-state index in [4.69, 9.17) is 16.3 Å². The van der Waals surface area contributed by atoms with Crippen LogP contribution in [-0.4, -0.2) is 28.0 Å². The number of esters is 1. The van der Waals surface area contributed by atoms with E-state index < -0.39 is 22.9 Å². The Hall–Kier alpha value is -3.65. The maximum absolute atomic E-state index is 12.4. The van der Waals surface area contributed by atoms with Crippen LogP contribution in [0.1, 0.15) is 17.3 Å². The first-order chi connectivity index (χ1) is 13.8. The standard InChI is InChI=1S/C20H15ClN2O6/c1-11(19(25)22-17-10-13(23(27)28)7-9-16(17)21)29-20(26)15-8-6-12-4-2-3-5-14(12)18(15)24/h2-11,24H,1H3,(H,22,25)/t11-/m0/s1. The Morgan fingerprint density at radius 1 is 1.17 bits per heavy atom. The third-order valence-electron chi connectivity index (χ3n) is 4.19. The third-order valence-corrected chi connectivity index (χ3v) is 4.52. The number of anilines is 1. The van der Waals surface area contributed by atoms with Gasteiger partial charge in [0.25, 0.3) is 11.6 Å². The van der Waals surface area contributed by atoms with Crippen molar-refractivity contribution in [1.29, 1.82) is 0 Å². The van der Waals surface area contributed by atoms with Crippen molar-refractivity contribution in [2.75, 3.05) is 5.32 Å². The third kappa shape index (κ3) is 4.27. The number of fused-ring (bicyclic) bond motifs is 1. The van der Waals surface area contributed by atoms with Gasteiger partial charge in [0.1, 0.15) is 11.3 Å². The average molecular weight is 415 g/mol. The second kappa shape index (κ2) is 8.15. The quantitative estimate of drug-likeness (QED) is 0.365. The van der Waals surface area contributed by atoms with Crippen LogP contribution in [0.4, 0.5) is 11.4 Å². The Kier molecular flexibility index (Phi) is 5.65. The molecule has 29 heavy (non-hydrogen) atoms. The SMILES string of the molecule is C[C@H](OC(=O)c1ccc2ccccc2c1O)C(=O)Nc1cc([N+](=O)[O-])ccc1Cl. The van der Waals surface area contributed by atoms with Crippen LogP contribution < -0.4 is 5.32 Å². The molecule has 0 aliphatic carbocycles. The molecule has 3 aromatic rings. The monoisotopic (exact) mass is 414 g/mol. The number of carbonyl (C=O) groups is 2. The number of hydrogen-bond acceptors (Lipinski definition) is 6. The molecule has 1 amide bonds. The number of nitro groups is 1. The maximum Gasteiger partial charge on any atom is 0.342 e. The van der Waals surface area contributed by atoms with E-state index in [0.717, 1.165) is 11.5 Å². The summed E-state index contributed by atoms with van der Waals surface area (Å²) >= 11 is 5.95. The minimum absolute atomic E-state index is 0.0160. The van der Waals surface area contributed by atoms with Gasteiger partial charge < -0.3 is 15.2 Å². The number of amides is 1. The lowest BCUT2D eigenvalue weighted by molar-refractivity contribution is -0.384. The van der Waals surface area contributed by atoms with Crippen LogP contribution in [0.3, 0.4) is 0 Å². The van der Waals surface area contributed by atoms with Crippen molar-refractivity contribution in [3.63, 3.8) is 0 Å². The van der Waals surface area contributed by atoms with Gasteiger partial charge >= 0.3 is 5.97 Å². The highest BCUT2D eigenvalue weighted by atomic mass is 35.5. The lowest BCUT2D eigenvalue weighted by Gasteiger charge is -2.15. The number of halogens is 1. The summed E-state index contributed by atoms with van der Waals surface area (Å²) in [4.78, 5) is 35.0. The molecule has 0 fully saturated rings. The number of carbonyl (C=O) groups excluding carboxylic acids is 2. The molecule has 0 aliphatic rings. The molecule has 0 aromatic heterocycles. The summed E-state index contributed by atoms with van der Waals surface area (Å²) in [5.41, 5.74) is -0.325. The molecule has 8 nitrogen and oxygen atoms in total. The number of rotatable bonds is 5. The predicted molar refractivity (Wildman–Crippen MR) is 107 cm³/mol. The molecule has 0 saturated heterocycles. The van der Waals surface area contributed by atoms with Gasteiger partial charge in [-0.15, -0.1) is 0 Å². The van der Waals surface area contributed by atoms with E-state index in [1.165, 1.54) is 25.1 Å². The van der Waals surface area contributed by atoms with E-state index in [1.54, 1.807) is 30.3 Å².